The Kier molecular flexibility index (Phi) is 13.8. The van der Waals surface area contributed by atoms with E-state index in [9.17, 15) is 19.7 Å². The van der Waals surface area contributed by atoms with Gasteiger partial charge in [0.25, 0.3) is 5.69 Å². The summed E-state index contributed by atoms with van der Waals surface area (Å²) in [7, 11) is 0. The summed E-state index contributed by atoms with van der Waals surface area (Å²) in [5.74, 6) is 0.132. The molecule has 6 rings (SSSR count). The van der Waals surface area contributed by atoms with Gasteiger partial charge in [-0.05, 0) is 50.2 Å². The van der Waals surface area contributed by atoms with Crippen molar-refractivity contribution in [3.05, 3.63) is 136 Å². The number of ether oxygens (including phenoxy) is 2. The number of nitro benzene ring substituents is 1. The Morgan fingerprint density at radius 1 is 0.722 bits per heavy atom. The first-order valence-corrected chi connectivity index (χ1v) is 17.0. The highest BCUT2D eigenvalue weighted by Gasteiger charge is 2.20. The highest BCUT2D eigenvalue weighted by atomic mass is 16.6. The van der Waals surface area contributed by atoms with Gasteiger partial charge < -0.3 is 24.5 Å². The maximum Gasteiger partial charge on any atom is 0.342 e. The zero-order valence-electron chi connectivity index (χ0n) is 29.5. The van der Waals surface area contributed by atoms with Gasteiger partial charge >= 0.3 is 11.9 Å². The number of nitro groups is 1. The average molecular weight is 732 g/mol. The molecule has 5 aromatic heterocycles. The molecule has 6 aromatic rings. The van der Waals surface area contributed by atoms with E-state index in [4.69, 9.17) is 13.9 Å². The number of hydrogen-bond donors (Lipinski definition) is 2. The number of nitrogens with one attached hydrogen (secondary N) is 2. The van der Waals surface area contributed by atoms with Crippen molar-refractivity contribution in [1.82, 2.24) is 29.9 Å². The van der Waals surface area contributed by atoms with E-state index in [-0.39, 0.29) is 35.7 Å². The number of nitrogens with zero attached hydrogens (tertiary/aromatic N) is 7. The summed E-state index contributed by atoms with van der Waals surface area (Å²) < 4.78 is 15.5. The van der Waals surface area contributed by atoms with E-state index < -0.39 is 16.9 Å². The maximum absolute atomic E-state index is 12.3. The monoisotopic (exact) mass is 731 g/mol. The molecule has 0 aliphatic carbocycles. The van der Waals surface area contributed by atoms with Crippen LogP contribution in [0.5, 0.6) is 0 Å². The van der Waals surface area contributed by atoms with E-state index in [0.717, 1.165) is 17.8 Å². The molecule has 1 aromatic carbocycles. The zero-order valence-corrected chi connectivity index (χ0v) is 29.5. The second-order valence-corrected chi connectivity index (χ2v) is 11.1. The van der Waals surface area contributed by atoms with Crippen LogP contribution in [0.2, 0.25) is 0 Å². The van der Waals surface area contributed by atoms with E-state index in [2.05, 4.69) is 40.5 Å². The predicted octanol–water partition coefficient (Wildman–Crippen LogP) is 6.24. The molecular formula is C38H37N9O7. The number of anilines is 2. The van der Waals surface area contributed by atoms with Crippen LogP contribution in [-0.4, -0.2) is 73.1 Å². The number of aromatic nitrogens is 6. The van der Waals surface area contributed by atoms with Crippen LogP contribution in [0.1, 0.15) is 46.0 Å². The third-order valence-corrected chi connectivity index (χ3v) is 7.43. The van der Waals surface area contributed by atoms with Crippen molar-refractivity contribution in [1.29, 1.82) is 0 Å². The second kappa shape index (κ2) is 19.5. The zero-order chi connectivity index (χ0) is 38.1. The molecule has 0 spiro atoms. The van der Waals surface area contributed by atoms with Crippen LogP contribution in [0.3, 0.4) is 0 Å². The predicted molar refractivity (Wildman–Crippen MR) is 199 cm³/mol. The molecule has 16 nitrogen and oxygen atoms in total. The van der Waals surface area contributed by atoms with E-state index in [1.165, 1.54) is 30.8 Å². The van der Waals surface area contributed by atoms with Crippen molar-refractivity contribution in [2.45, 2.75) is 26.7 Å². The Morgan fingerprint density at radius 2 is 1.30 bits per heavy atom. The van der Waals surface area contributed by atoms with Crippen LogP contribution >= 0.6 is 0 Å². The molecule has 0 radical (unpaired) electrons. The van der Waals surface area contributed by atoms with E-state index >= 15 is 0 Å². The second-order valence-electron chi connectivity index (χ2n) is 11.1. The third-order valence-electron chi connectivity index (χ3n) is 7.43. The lowest BCUT2D eigenvalue weighted by molar-refractivity contribution is -0.384. The highest BCUT2D eigenvalue weighted by Crippen LogP contribution is 2.27. The molecular weight excluding hydrogens is 694 g/mol. The summed E-state index contributed by atoms with van der Waals surface area (Å²) >= 11 is 0. The lowest BCUT2D eigenvalue weighted by Crippen LogP contribution is -2.13. The molecule has 54 heavy (non-hydrogen) atoms. The fourth-order valence-electron chi connectivity index (χ4n) is 4.94. The fraction of sp³-hybridized carbons (Fsp3) is 0.211. The molecule has 5 heterocycles. The molecule has 16 heteroatoms. The van der Waals surface area contributed by atoms with Gasteiger partial charge in [-0.1, -0.05) is 24.3 Å². The lowest BCUT2D eigenvalue weighted by Gasteiger charge is -2.11. The Bertz CT molecular complexity index is 2130. The maximum atomic E-state index is 12.3. The largest absolute Gasteiger partial charge is 0.463 e. The Balaban J connectivity index is 0.000000210. The summed E-state index contributed by atoms with van der Waals surface area (Å²) in [4.78, 5) is 60.7. The van der Waals surface area contributed by atoms with Gasteiger partial charge in [0, 0.05) is 79.8 Å². The Morgan fingerprint density at radius 3 is 1.80 bits per heavy atom. The van der Waals surface area contributed by atoms with Crippen molar-refractivity contribution < 1.29 is 28.4 Å². The molecule has 0 aliphatic rings. The number of hydrogen-bond acceptors (Lipinski definition) is 15. The quantitative estimate of drug-likeness (QED) is 0.0680. The standard InChI is InChI=1S/C20H19N5O4.C18H18N4O3/c1-2-29-19(26)17-13-23-20(22-11-9-15-7-3-4-10-21-15)24-18(17)14-6-5-8-16(12-14)25(27)28;1-2-24-17(23)14-12-21-18(22-16(14)15-7-5-11-25-15)20-10-8-13-6-3-4-9-19-13/h3-8,10,12-13H,2,9,11H2,1H3,(H,22,23,24);3-7,9,11-12H,2,8,10H2,1H3,(H,20,21,22). The smallest absolute Gasteiger partial charge is 0.342 e. The number of esters is 2. The molecule has 0 unspecified atom stereocenters. The van der Waals surface area contributed by atoms with Gasteiger partial charge in [-0.3, -0.25) is 20.1 Å². The van der Waals surface area contributed by atoms with E-state index in [1.807, 2.05) is 36.4 Å². The van der Waals surface area contributed by atoms with Crippen LogP contribution in [0.4, 0.5) is 17.6 Å². The average Bonchev–Trinajstić information content (AvgIpc) is 3.75. The number of carbonyl (C=O) groups excluding carboxylic acids is 2. The molecule has 0 bridgehead atoms. The minimum atomic E-state index is -0.589. The van der Waals surface area contributed by atoms with Gasteiger partial charge in [0.2, 0.25) is 11.9 Å². The molecule has 0 aliphatic heterocycles. The van der Waals surface area contributed by atoms with Crippen LogP contribution in [0.25, 0.3) is 22.7 Å². The number of furan rings is 1. The minimum absolute atomic E-state index is 0.0967. The summed E-state index contributed by atoms with van der Waals surface area (Å²) in [6.07, 6.45) is 9.22. The van der Waals surface area contributed by atoms with Gasteiger partial charge in [0.1, 0.15) is 16.8 Å². The minimum Gasteiger partial charge on any atom is -0.463 e. The number of pyridine rings is 2. The van der Waals surface area contributed by atoms with Gasteiger partial charge in [0.15, 0.2) is 5.76 Å². The molecule has 276 valence electrons. The Labute approximate surface area is 310 Å². The van der Waals surface area contributed by atoms with Crippen molar-refractivity contribution in [3.63, 3.8) is 0 Å². The topological polar surface area (TPSA) is 210 Å². The normalized spacial score (nSPS) is 10.4. The first-order valence-electron chi connectivity index (χ1n) is 17.0. The van der Waals surface area contributed by atoms with Gasteiger partial charge in [-0.25, -0.2) is 29.5 Å². The van der Waals surface area contributed by atoms with Crippen LogP contribution in [0, 0.1) is 10.1 Å². The molecule has 0 saturated carbocycles. The van der Waals surface area contributed by atoms with Crippen molar-refractivity contribution in [2.24, 2.45) is 0 Å². The number of rotatable bonds is 15. The fourth-order valence-corrected chi connectivity index (χ4v) is 4.94. The van der Waals surface area contributed by atoms with E-state index in [1.54, 1.807) is 50.5 Å². The van der Waals surface area contributed by atoms with Crippen molar-refractivity contribution >= 4 is 29.5 Å². The first kappa shape index (κ1) is 38.1. The summed E-state index contributed by atoms with van der Waals surface area (Å²) in [5.41, 5.74) is 3.31. The van der Waals surface area contributed by atoms with E-state index in [0.29, 0.717) is 48.4 Å². The molecule has 0 saturated heterocycles. The molecule has 0 atom stereocenters. The van der Waals surface area contributed by atoms with Crippen molar-refractivity contribution in [2.75, 3.05) is 36.9 Å². The van der Waals surface area contributed by atoms with Gasteiger partial charge in [-0.15, -0.1) is 0 Å². The Hall–Kier alpha value is -7.10. The number of carbonyl (C=O) groups is 2. The first-order chi connectivity index (χ1) is 26.4. The third kappa shape index (κ3) is 10.7. The molecule has 0 amide bonds. The SMILES string of the molecule is CCOC(=O)c1cnc(NCCc2ccccn2)nc1-c1cccc([N+](=O)[O-])c1.CCOC(=O)c1cnc(NCCc2ccccn2)nc1-c1ccco1. The highest BCUT2D eigenvalue weighted by molar-refractivity contribution is 5.96. The van der Waals surface area contributed by atoms with Crippen LogP contribution in [-0.2, 0) is 22.3 Å². The van der Waals surface area contributed by atoms with Crippen molar-refractivity contribution in [3.8, 4) is 22.7 Å². The molecule has 2 N–H and O–H groups in total. The van der Waals surface area contributed by atoms with Gasteiger partial charge in [-0.2, -0.15) is 0 Å². The lowest BCUT2D eigenvalue weighted by atomic mass is 10.1. The number of non-ortho nitro benzene ring substituents is 1. The summed E-state index contributed by atoms with van der Waals surface area (Å²) in [5, 5.41) is 17.3. The van der Waals surface area contributed by atoms with Gasteiger partial charge in [0.05, 0.1) is 30.1 Å². The summed E-state index contributed by atoms with van der Waals surface area (Å²) in [6, 6.07) is 20.9. The van der Waals surface area contributed by atoms with Crippen LogP contribution in [0.15, 0.2) is 108 Å². The van der Waals surface area contributed by atoms with Crippen LogP contribution < -0.4 is 10.6 Å². The number of benzene rings is 1. The molecule has 0 fully saturated rings. The summed E-state index contributed by atoms with van der Waals surface area (Å²) in [6.45, 7) is 5.06.